The smallest absolute Gasteiger partial charge is 0.143 e. The molecule has 2 nitrogen and oxygen atoms in total. The van der Waals surface area contributed by atoms with Crippen LogP contribution in [0.3, 0.4) is 0 Å². The van der Waals surface area contributed by atoms with Crippen LogP contribution in [-0.2, 0) is 5.88 Å². The molecule has 0 N–H and O–H groups in total. The van der Waals surface area contributed by atoms with E-state index in [1.54, 1.807) is 25.3 Å². The van der Waals surface area contributed by atoms with Crippen LogP contribution < -0.4 is 9.47 Å². The maximum atomic E-state index is 5.95. The molecule has 20 heavy (non-hydrogen) atoms. The summed E-state index contributed by atoms with van der Waals surface area (Å²) in [5.74, 6) is 2.37. The molecule has 0 atom stereocenters. The Kier molecular flexibility index (Phi) is 5.61. The van der Waals surface area contributed by atoms with Crippen molar-refractivity contribution in [1.29, 1.82) is 0 Å². The summed E-state index contributed by atoms with van der Waals surface area (Å²) in [4.78, 5) is 0. The summed E-state index contributed by atoms with van der Waals surface area (Å²) < 4.78 is 12.7. The van der Waals surface area contributed by atoms with Crippen LogP contribution in [0.4, 0.5) is 0 Å². The third-order valence-corrected chi connectivity index (χ3v) is 4.36. The van der Waals surface area contributed by atoms with Crippen LogP contribution in [0.2, 0.25) is 5.02 Å². The van der Waals surface area contributed by atoms with Gasteiger partial charge in [-0.05, 0) is 62.2 Å². The highest BCUT2D eigenvalue weighted by Crippen LogP contribution is 2.39. The molecule has 2 aromatic carbocycles. The normalized spacial score (nSPS) is 10.4. The van der Waals surface area contributed by atoms with Gasteiger partial charge >= 0.3 is 0 Å². The minimum atomic E-state index is 0.324. The Hall–Kier alpha value is -0.420. The number of alkyl halides is 1. The molecule has 6 heteroatoms. The van der Waals surface area contributed by atoms with Crippen molar-refractivity contribution in [1.82, 2.24) is 0 Å². The van der Waals surface area contributed by atoms with Gasteiger partial charge in [0.05, 0.1) is 21.9 Å². The highest BCUT2D eigenvalue weighted by Gasteiger charge is 2.11. The molecule has 0 bridgehead atoms. The number of ether oxygens (including phenoxy) is 2. The number of rotatable bonds is 4. The third-order valence-electron chi connectivity index (χ3n) is 2.59. The van der Waals surface area contributed by atoms with E-state index in [4.69, 9.17) is 32.7 Å². The second kappa shape index (κ2) is 7.03. The van der Waals surface area contributed by atoms with Gasteiger partial charge in [0.1, 0.15) is 17.2 Å². The number of hydrogen-bond donors (Lipinski definition) is 0. The average molecular weight is 441 g/mol. The fourth-order valence-electron chi connectivity index (χ4n) is 1.62. The van der Waals surface area contributed by atoms with Gasteiger partial charge in [-0.15, -0.1) is 11.6 Å². The van der Waals surface area contributed by atoms with E-state index in [0.29, 0.717) is 22.4 Å². The molecule has 0 unspecified atom stereocenters. The molecule has 0 amide bonds. The molecule has 0 saturated heterocycles. The zero-order valence-electron chi connectivity index (χ0n) is 10.4. The number of hydrogen-bond acceptors (Lipinski definition) is 2. The molecular formula is C14H10Br2Cl2O2. The number of halogens is 4. The van der Waals surface area contributed by atoms with Crippen molar-refractivity contribution in [3.8, 4) is 17.2 Å². The summed E-state index contributed by atoms with van der Waals surface area (Å²) >= 11 is 18.7. The van der Waals surface area contributed by atoms with Crippen LogP contribution in [0.1, 0.15) is 5.56 Å². The molecule has 0 spiro atoms. The monoisotopic (exact) mass is 438 g/mol. The van der Waals surface area contributed by atoms with E-state index < -0.39 is 0 Å². The number of benzene rings is 2. The zero-order chi connectivity index (χ0) is 14.7. The molecule has 106 valence electrons. The van der Waals surface area contributed by atoms with Gasteiger partial charge in [0.15, 0.2) is 0 Å². The van der Waals surface area contributed by atoms with Crippen LogP contribution >= 0.6 is 55.1 Å². The van der Waals surface area contributed by atoms with Crippen molar-refractivity contribution in [2.75, 3.05) is 7.11 Å². The van der Waals surface area contributed by atoms with E-state index in [-0.39, 0.29) is 0 Å². The maximum Gasteiger partial charge on any atom is 0.143 e. The highest BCUT2D eigenvalue weighted by atomic mass is 79.9. The fourth-order valence-corrected chi connectivity index (χ4v) is 2.91. The van der Waals surface area contributed by atoms with E-state index in [2.05, 4.69) is 31.9 Å². The molecule has 0 aliphatic heterocycles. The van der Waals surface area contributed by atoms with Crippen molar-refractivity contribution in [3.05, 3.63) is 49.9 Å². The van der Waals surface area contributed by atoms with E-state index in [0.717, 1.165) is 20.3 Å². The molecule has 0 radical (unpaired) electrons. The molecular weight excluding hydrogens is 431 g/mol. The molecule has 0 aliphatic carbocycles. The van der Waals surface area contributed by atoms with Crippen molar-refractivity contribution in [2.45, 2.75) is 5.88 Å². The standard InChI is InChI=1S/C14H10Br2Cl2O2/c1-19-13-5-11(16)14(6-10(13)15)20-12-3-2-9(18)4-8(12)7-17/h2-6H,7H2,1H3. The van der Waals surface area contributed by atoms with Crippen LogP contribution in [0, 0.1) is 0 Å². The zero-order valence-corrected chi connectivity index (χ0v) is 15.1. The Balaban J connectivity index is 2.37. The Bertz CT molecular complexity index is 633. The summed E-state index contributed by atoms with van der Waals surface area (Å²) in [7, 11) is 1.61. The van der Waals surface area contributed by atoms with Crippen molar-refractivity contribution in [3.63, 3.8) is 0 Å². The van der Waals surface area contributed by atoms with Crippen LogP contribution in [0.5, 0.6) is 17.2 Å². The molecule has 0 aromatic heterocycles. The first-order chi connectivity index (χ1) is 9.55. The van der Waals surface area contributed by atoms with Crippen LogP contribution in [0.25, 0.3) is 0 Å². The molecule has 0 heterocycles. The van der Waals surface area contributed by atoms with Gasteiger partial charge in [-0.1, -0.05) is 11.6 Å². The lowest BCUT2D eigenvalue weighted by Crippen LogP contribution is -1.92. The lowest BCUT2D eigenvalue weighted by atomic mass is 10.2. The summed E-state index contributed by atoms with van der Waals surface area (Å²) in [6, 6.07) is 9.01. The lowest BCUT2D eigenvalue weighted by Gasteiger charge is -2.13. The topological polar surface area (TPSA) is 18.5 Å². The van der Waals surface area contributed by atoms with Gasteiger partial charge in [-0.2, -0.15) is 0 Å². The van der Waals surface area contributed by atoms with E-state index >= 15 is 0 Å². The molecule has 0 fully saturated rings. The first-order valence-corrected chi connectivity index (χ1v) is 8.10. The molecule has 2 rings (SSSR count). The Morgan fingerprint density at radius 1 is 1.00 bits per heavy atom. The molecule has 0 aliphatic rings. The van der Waals surface area contributed by atoms with Gasteiger partial charge in [-0.3, -0.25) is 0 Å². The van der Waals surface area contributed by atoms with Crippen molar-refractivity contribution >= 4 is 55.1 Å². The first-order valence-electron chi connectivity index (χ1n) is 5.60. The Morgan fingerprint density at radius 2 is 1.65 bits per heavy atom. The van der Waals surface area contributed by atoms with Gasteiger partial charge < -0.3 is 9.47 Å². The number of methoxy groups -OCH3 is 1. The SMILES string of the molecule is COc1cc(Br)c(Oc2ccc(Cl)cc2CCl)cc1Br. The Morgan fingerprint density at radius 3 is 2.30 bits per heavy atom. The van der Waals surface area contributed by atoms with Crippen molar-refractivity contribution < 1.29 is 9.47 Å². The second-order valence-corrected chi connectivity index (χ2v) is 6.32. The van der Waals surface area contributed by atoms with Gasteiger partial charge in [0, 0.05) is 10.6 Å². The molecule has 2 aromatic rings. The Labute approximate surface area is 144 Å². The summed E-state index contributed by atoms with van der Waals surface area (Å²) in [6.07, 6.45) is 0. The van der Waals surface area contributed by atoms with Gasteiger partial charge in [-0.25, -0.2) is 0 Å². The van der Waals surface area contributed by atoms with Crippen LogP contribution in [0.15, 0.2) is 39.3 Å². The average Bonchev–Trinajstić information content (AvgIpc) is 2.44. The van der Waals surface area contributed by atoms with Crippen molar-refractivity contribution in [2.24, 2.45) is 0 Å². The van der Waals surface area contributed by atoms with Gasteiger partial charge in [0.2, 0.25) is 0 Å². The predicted molar refractivity (Wildman–Crippen MR) is 89.5 cm³/mol. The fraction of sp³-hybridized carbons (Fsp3) is 0.143. The largest absolute Gasteiger partial charge is 0.496 e. The minimum absolute atomic E-state index is 0.324. The third kappa shape index (κ3) is 3.61. The van der Waals surface area contributed by atoms with Crippen LogP contribution in [-0.4, -0.2) is 7.11 Å². The van der Waals surface area contributed by atoms with Gasteiger partial charge in [0.25, 0.3) is 0 Å². The van der Waals surface area contributed by atoms with E-state index in [1.807, 2.05) is 12.1 Å². The highest BCUT2D eigenvalue weighted by molar-refractivity contribution is 9.11. The minimum Gasteiger partial charge on any atom is -0.496 e. The summed E-state index contributed by atoms with van der Waals surface area (Å²) in [5, 5.41) is 0.628. The quantitative estimate of drug-likeness (QED) is 0.512. The summed E-state index contributed by atoms with van der Waals surface area (Å²) in [6.45, 7) is 0. The maximum absolute atomic E-state index is 5.95. The van der Waals surface area contributed by atoms with E-state index in [1.165, 1.54) is 0 Å². The first kappa shape index (κ1) is 16.0. The summed E-state index contributed by atoms with van der Waals surface area (Å²) in [5.41, 5.74) is 0.831. The molecule has 0 saturated carbocycles. The second-order valence-electron chi connectivity index (χ2n) is 3.90. The lowest BCUT2D eigenvalue weighted by molar-refractivity contribution is 0.409. The predicted octanol–water partition coefficient (Wildman–Crippen LogP) is 6.40. The van der Waals surface area contributed by atoms with E-state index in [9.17, 15) is 0 Å².